The van der Waals surface area contributed by atoms with Crippen molar-refractivity contribution in [3.8, 4) is 5.75 Å². The Balaban J connectivity index is 2.31. The molecule has 0 bridgehead atoms. The first kappa shape index (κ1) is 11.0. The molecule has 1 fully saturated rings. The highest BCUT2D eigenvalue weighted by molar-refractivity contribution is 5.76. The van der Waals surface area contributed by atoms with E-state index in [2.05, 4.69) is 0 Å². The standard InChI is InChI=1S/C12H14O4/c1-16-10(11(14)15)12(6-7-12)8-2-4-9(13)5-3-8/h2-5,10,13H,6-7H2,1H3,(H,14,15). The monoisotopic (exact) mass is 222 g/mol. The van der Waals surface area contributed by atoms with Crippen molar-refractivity contribution in [1.82, 2.24) is 0 Å². The van der Waals surface area contributed by atoms with Gasteiger partial charge in [0.2, 0.25) is 0 Å². The van der Waals surface area contributed by atoms with Crippen LogP contribution < -0.4 is 0 Å². The molecule has 0 heterocycles. The normalized spacial score (nSPS) is 19.1. The molecule has 1 aromatic rings. The summed E-state index contributed by atoms with van der Waals surface area (Å²) in [5.74, 6) is -0.753. The van der Waals surface area contributed by atoms with Gasteiger partial charge in [-0.3, -0.25) is 0 Å². The van der Waals surface area contributed by atoms with E-state index in [-0.39, 0.29) is 5.75 Å². The summed E-state index contributed by atoms with van der Waals surface area (Å²) in [4.78, 5) is 11.1. The van der Waals surface area contributed by atoms with Gasteiger partial charge >= 0.3 is 5.97 Å². The van der Waals surface area contributed by atoms with Gasteiger partial charge in [0.15, 0.2) is 6.10 Å². The molecule has 4 heteroatoms. The molecule has 0 aromatic heterocycles. The highest BCUT2D eigenvalue weighted by Gasteiger charge is 2.54. The Hall–Kier alpha value is -1.55. The summed E-state index contributed by atoms with van der Waals surface area (Å²) in [5, 5.41) is 18.3. The Morgan fingerprint density at radius 3 is 2.31 bits per heavy atom. The number of carbonyl (C=O) groups is 1. The van der Waals surface area contributed by atoms with Gasteiger partial charge in [0, 0.05) is 12.5 Å². The highest BCUT2D eigenvalue weighted by Crippen LogP contribution is 2.52. The van der Waals surface area contributed by atoms with Crippen LogP contribution in [-0.2, 0) is 14.9 Å². The van der Waals surface area contributed by atoms with E-state index in [0.29, 0.717) is 0 Å². The van der Waals surface area contributed by atoms with Gasteiger partial charge < -0.3 is 14.9 Å². The molecule has 1 aliphatic rings. The van der Waals surface area contributed by atoms with E-state index in [4.69, 9.17) is 9.84 Å². The van der Waals surface area contributed by atoms with Crippen LogP contribution in [0.15, 0.2) is 24.3 Å². The smallest absolute Gasteiger partial charge is 0.333 e. The average Bonchev–Trinajstić information content (AvgIpc) is 3.01. The summed E-state index contributed by atoms with van der Waals surface area (Å²) < 4.78 is 5.06. The zero-order valence-corrected chi connectivity index (χ0v) is 9.01. The number of phenolic OH excluding ortho intramolecular Hbond substituents is 1. The molecular weight excluding hydrogens is 208 g/mol. The molecule has 1 unspecified atom stereocenters. The van der Waals surface area contributed by atoms with Gasteiger partial charge in [0.1, 0.15) is 5.75 Å². The highest BCUT2D eigenvalue weighted by atomic mass is 16.5. The third-order valence-electron chi connectivity index (χ3n) is 3.19. The van der Waals surface area contributed by atoms with Crippen LogP contribution >= 0.6 is 0 Å². The van der Waals surface area contributed by atoms with Crippen LogP contribution in [0.1, 0.15) is 18.4 Å². The Morgan fingerprint density at radius 1 is 1.38 bits per heavy atom. The minimum atomic E-state index is -0.937. The second-order valence-electron chi connectivity index (χ2n) is 4.16. The van der Waals surface area contributed by atoms with Crippen LogP contribution in [-0.4, -0.2) is 29.4 Å². The Labute approximate surface area is 93.5 Å². The summed E-state index contributed by atoms with van der Waals surface area (Å²) in [5.41, 5.74) is 0.508. The van der Waals surface area contributed by atoms with Gasteiger partial charge in [-0.2, -0.15) is 0 Å². The van der Waals surface area contributed by atoms with Crippen LogP contribution in [0, 0.1) is 0 Å². The zero-order valence-electron chi connectivity index (χ0n) is 9.01. The second-order valence-corrected chi connectivity index (χ2v) is 4.16. The molecule has 0 saturated heterocycles. The number of aliphatic carboxylic acids is 1. The summed E-state index contributed by atoms with van der Waals surface area (Å²) in [7, 11) is 1.42. The number of ether oxygens (including phenoxy) is 1. The van der Waals surface area contributed by atoms with Crippen LogP contribution in [0.4, 0.5) is 0 Å². The van der Waals surface area contributed by atoms with Crippen molar-refractivity contribution in [2.24, 2.45) is 0 Å². The molecule has 16 heavy (non-hydrogen) atoms. The van der Waals surface area contributed by atoms with Crippen molar-refractivity contribution < 1.29 is 19.7 Å². The predicted octanol–water partition coefficient (Wildman–Crippen LogP) is 1.52. The molecule has 1 aliphatic carbocycles. The average molecular weight is 222 g/mol. The Morgan fingerprint density at radius 2 is 1.94 bits per heavy atom. The van der Waals surface area contributed by atoms with Gasteiger partial charge in [-0.25, -0.2) is 4.79 Å². The second kappa shape index (κ2) is 3.79. The Bertz CT molecular complexity index is 392. The minimum absolute atomic E-state index is 0.184. The van der Waals surface area contributed by atoms with E-state index >= 15 is 0 Å². The lowest BCUT2D eigenvalue weighted by Gasteiger charge is -2.22. The first-order valence-corrected chi connectivity index (χ1v) is 5.15. The number of aromatic hydroxyl groups is 1. The molecule has 1 atom stereocenters. The van der Waals surface area contributed by atoms with E-state index in [0.717, 1.165) is 18.4 Å². The van der Waals surface area contributed by atoms with E-state index in [1.54, 1.807) is 24.3 Å². The molecule has 1 saturated carbocycles. The molecule has 0 spiro atoms. The number of carboxylic acid groups (broad SMARTS) is 1. The number of hydrogen-bond acceptors (Lipinski definition) is 3. The first-order valence-electron chi connectivity index (χ1n) is 5.15. The lowest BCUT2D eigenvalue weighted by Crippen LogP contribution is -2.35. The van der Waals surface area contributed by atoms with Gasteiger partial charge in [-0.1, -0.05) is 12.1 Å². The number of rotatable bonds is 4. The van der Waals surface area contributed by atoms with E-state index in [1.807, 2.05) is 0 Å². The molecule has 0 aliphatic heterocycles. The van der Waals surface area contributed by atoms with Crippen molar-refractivity contribution in [2.75, 3.05) is 7.11 Å². The minimum Gasteiger partial charge on any atom is -0.508 e. The predicted molar refractivity (Wildman–Crippen MR) is 57.5 cm³/mol. The number of carboxylic acids is 1. The number of hydrogen-bond donors (Lipinski definition) is 2. The maximum absolute atomic E-state index is 11.1. The molecular formula is C12H14O4. The zero-order chi connectivity index (χ0) is 11.8. The van der Waals surface area contributed by atoms with Crippen molar-refractivity contribution in [3.05, 3.63) is 29.8 Å². The third kappa shape index (κ3) is 1.65. The molecule has 2 rings (SSSR count). The lowest BCUT2D eigenvalue weighted by molar-refractivity contribution is -0.150. The third-order valence-corrected chi connectivity index (χ3v) is 3.19. The van der Waals surface area contributed by atoms with Gasteiger partial charge in [0.05, 0.1) is 0 Å². The van der Waals surface area contributed by atoms with Gasteiger partial charge in [-0.15, -0.1) is 0 Å². The van der Waals surface area contributed by atoms with Crippen molar-refractivity contribution in [3.63, 3.8) is 0 Å². The topological polar surface area (TPSA) is 66.8 Å². The van der Waals surface area contributed by atoms with Crippen molar-refractivity contribution in [2.45, 2.75) is 24.4 Å². The quantitative estimate of drug-likeness (QED) is 0.810. The van der Waals surface area contributed by atoms with E-state index in [1.165, 1.54) is 7.11 Å². The molecule has 1 aromatic carbocycles. The fourth-order valence-corrected chi connectivity index (χ4v) is 2.19. The van der Waals surface area contributed by atoms with E-state index in [9.17, 15) is 9.90 Å². The fourth-order valence-electron chi connectivity index (χ4n) is 2.19. The summed E-state index contributed by atoms with van der Waals surface area (Å²) in [6.45, 7) is 0. The molecule has 86 valence electrons. The Kier molecular flexibility index (Phi) is 2.59. The molecule has 0 amide bonds. The van der Waals surface area contributed by atoms with Crippen LogP contribution in [0.3, 0.4) is 0 Å². The van der Waals surface area contributed by atoms with Crippen LogP contribution in [0.5, 0.6) is 5.75 Å². The lowest BCUT2D eigenvalue weighted by atomic mass is 9.90. The summed E-state index contributed by atoms with van der Waals surface area (Å²) in [6.07, 6.45) is 0.808. The fraction of sp³-hybridized carbons (Fsp3) is 0.417. The van der Waals surface area contributed by atoms with Gasteiger partial charge in [0.25, 0.3) is 0 Å². The first-order chi connectivity index (χ1) is 7.60. The SMILES string of the molecule is COC(C(=O)O)C1(c2ccc(O)cc2)CC1. The number of methoxy groups -OCH3 is 1. The largest absolute Gasteiger partial charge is 0.508 e. The summed E-state index contributed by atoms with van der Waals surface area (Å²) >= 11 is 0. The van der Waals surface area contributed by atoms with Crippen molar-refractivity contribution in [1.29, 1.82) is 0 Å². The molecule has 4 nitrogen and oxygen atoms in total. The van der Waals surface area contributed by atoms with Gasteiger partial charge in [-0.05, 0) is 30.5 Å². The summed E-state index contributed by atoms with van der Waals surface area (Å²) in [6, 6.07) is 6.67. The van der Waals surface area contributed by atoms with Crippen LogP contribution in [0.2, 0.25) is 0 Å². The number of phenols is 1. The maximum atomic E-state index is 11.1. The number of benzene rings is 1. The van der Waals surface area contributed by atoms with Crippen molar-refractivity contribution >= 4 is 5.97 Å². The van der Waals surface area contributed by atoms with E-state index < -0.39 is 17.5 Å². The molecule has 0 radical (unpaired) electrons. The maximum Gasteiger partial charge on any atom is 0.333 e. The molecule has 2 N–H and O–H groups in total. The van der Waals surface area contributed by atoms with Crippen LogP contribution in [0.25, 0.3) is 0 Å².